The third-order valence-electron chi connectivity index (χ3n) is 5.51. The first-order valence-electron chi connectivity index (χ1n) is 11.0. The minimum absolute atomic E-state index is 0.112. The van der Waals surface area contributed by atoms with Gasteiger partial charge in [0, 0.05) is 6.20 Å². The molecule has 0 aliphatic heterocycles. The van der Waals surface area contributed by atoms with Gasteiger partial charge in [-0.2, -0.15) is 5.10 Å². The lowest BCUT2D eigenvalue weighted by Crippen LogP contribution is -2.12. The van der Waals surface area contributed by atoms with E-state index in [-0.39, 0.29) is 29.0 Å². The lowest BCUT2D eigenvalue weighted by Gasteiger charge is -2.10. The highest BCUT2D eigenvalue weighted by Gasteiger charge is 2.16. The molecular formula is C26H25ClFN3O3. The van der Waals surface area contributed by atoms with Gasteiger partial charge in [0.25, 0.3) is 5.91 Å². The Morgan fingerprint density at radius 2 is 2.00 bits per heavy atom. The summed E-state index contributed by atoms with van der Waals surface area (Å²) >= 11 is 6.21. The van der Waals surface area contributed by atoms with Crippen molar-refractivity contribution in [2.45, 2.75) is 39.3 Å². The molecule has 6 nitrogen and oxygen atoms in total. The van der Waals surface area contributed by atoms with E-state index < -0.39 is 5.91 Å². The number of ether oxygens (including phenoxy) is 1. The van der Waals surface area contributed by atoms with Crippen molar-refractivity contribution in [2.24, 2.45) is 0 Å². The van der Waals surface area contributed by atoms with E-state index in [9.17, 15) is 9.18 Å². The second kappa shape index (κ2) is 10.6. The number of rotatable bonds is 9. The molecule has 0 saturated carbocycles. The molecule has 2 heterocycles. The van der Waals surface area contributed by atoms with E-state index in [0.717, 1.165) is 17.7 Å². The zero-order chi connectivity index (χ0) is 24.1. The molecule has 0 spiro atoms. The van der Waals surface area contributed by atoms with Crippen molar-refractivity contribution in [3.63, 3.8) is 0 Å². The number of benzene rings is 2. The molecule has 8 heteroatoms. The normalized spacial score (nSPS) is 11.9. The van der Waals surface area contributed by atoms with Crippen LogP contribution in [0.4, 0.5) is 10.2 Å². The van der Waals surface area contributed by atoms with Crippen molar-refractivity contribution >= 4 is 23.3 Å². The van der Waals surface area contributed by atoms with Gasteiger partial charge >= 0.3 is 0 Å². The zero-order valence-electron chi connectivity index (χ0n) is 18.9. The Labute approximate surface area is 202 Å². The number of nitrogens with zero attached hydrogens (tertiary/aromatic N) is 2. The van der Waals surface area contributed by atoms with Crippen LogP contribution in [0.25, 0.3) is 0 Å². The summed E-state index contributed by atoms with van der Waals surface area (Å²) in [7, 11) is 0. The van der Waals surface area contributed by atoms with Gasteiger partial charge in [0.15, 0.2) is 11.6 Å². The largest absolute Gasteiger partial charge is 0.486 e. The summed E-state index contributed by atoms with van der Waals surface area (Å²) in [6.45, 7) is 4.85. The molecule has 4 rings (SSSR count). The molecule has 0 saturated heterocycles. The highest BCUT2D eigenvalue weighted by atomic mass is 35.5. The maximum atomic E-state index is 13.4. The summed E-state index contributed by atoms with van der Waals surface area (Å²) < 4.78 is 26.3. The quantitative estimate of drug-likeness (QED) is 0.290. The van der Waals surface area contributed by atoms with Gasteiger partial charge in [0.2, 0.25) is 0 Å². The fourth-order valence-corrected chi connectivity index (χ4v) is 3.61. The molecule has 2 aromatic heterocycles. The van der Waals surface area contributed by atoms with Gasteiger partial charge in [-0.15, -0.1) is 0 Å². The third-order valence-corrected chi connectivity index (χ3v) is 5.79. The Balaban J connectivity index is 1.34. The van der Waals surface area contributed by atoms with Crippen LogP contribution in [0.1, 0.15) is 53.6 Å². The fraction of sp³-hybridized carbons (Fsp3) is 0.231. The molecule has 34 heavy (non-hydrogen) atoms. The molecule has 1 unspecified atom stereocenters. The molecule has 0 bridgehead atoms. The lowest BCUT2D eigenvalue weighted by atomic mass is 9.99. The van der Waals surface area contributed by atoms with Crippen LogP contribution in [0, 0.1) is 5.82 Å². The zero-order valence-corrected chi connectivity index (χ0v) is 19.7. The van der Waals surface area contributed by atoms with Crippen molar-refractivity contribution in [1.82, 2.24) is 9.78 Å². The number of hydrogen-bond acceptors (Lipinski definition) is 4. The van der Waals surface area contributed by atoms with E-state index in [1.165, 1.54) is 22.4 Å². The summed E-state index contributed by atoms with van der Waals surface area (Å²) in [5, 5.41) is 7.18. The monoisotopic (exact) mass is 481 g/mol. The number of furan rings is 1. The lowest BCUT2D eigenvalue weighted by molar-refractivity contribution is 0.0992. The van der Waals surface area contributed by atoms with Gasteiger partial charge < -0.3 is 14.5 Å². The molecule has 1 N–H and O–H groups in total. The number of amides is 1. The molecule has 0 fully saturated rings. The van der Waals surface area contributed by atoms with Crippen LogP contribution in [0.3, 0.4) is 0 Å². The maximum Gasteiger partial charge on any atom is 0.292 e. The number of nitrogens with one attached hydrogen (secondary N) is 1. The molecule has 1 atom stereocenters. The number of carbonyl (C=O) groups excluding carboxylic acids is 1. The van der Waals surface area contributed by atoms with Gasteiger partial charge in [0.1, 0.15) is 29.0 Å². The molecular weight excluding hydrogens is 457 g/mol. The summed E-state index contributed by atoms with van der Waals surface area (Å²) in [5.74, 6) is 1.23. The number of anilines is 1. The SMILES string of the molecule is CCC(C)c1ccc(OCc2ccc(C(=O)Nc3nn(Cc4cccc(F)c4)cc3Cl)o2)cc1. The topological polar surface area (TPSA) is 69.3 Å². The van der Waals surface area contributed by atoms with Crippen LogP contribution in [0.5, 0.6) is 5.75 Å². The minimum atomic E-state index is -0.484. The highest BCUT2D eigenvalue weighted by molar-refractivity contribution is 6.33. The van der Waals surface area contributed by atoms with Crippen LogP contribution < -0.4 is 10.1 Å². The van der Waals surface area contributed by atoms with E-state index in [1.54, 1.807) is 30.5 Å². The summed E-state index contributed by atoms with van der Waals surface area (Å²) in [5.41, 5.74) is 1.99. The number of halogens is 2. The second-order valence-corrected chi connectivity index (χ2v) is 8.45. The average molecular weight is 482 g/mol. The second-order valence-electron chi connectivity index (χ2n) is 8.04. The molecule has 0 radical (unpaired) electrons. The molecule has 176 valence electrons. The van der Waals surface area contributed by atoms with Crippen LogP contribution in [0.15, 0.2) is 71.3 Å². The van der Waals surface area contributed by atoms with Crippen molar-refractivity contribution < 1.29 is 18.3 Å². The van der Waals surface area contributed by atoms with Crippen molar-refractivity contribution in [1.29, 1.82) is 0 Å². The minimum Gasteiger partial charge on any atom is -0.486 e. The smallest absolute Gasteiger partial charge is 0.292 e. The Kier molecular flexibility index (Phi) is 7.33. The van der Waals surface area contributed by atoms with Gasteiger partial charge in [-0.3, -0.25) is 9.48 Å². The van der Waals surface area contributed by atoms with Gasteiger partial charge in [0.05, 0.1) is 6.54 Å². The van der Waals surface area contributed by atoms with E-state index in [2.05, 4.69) is 36.4 Å². The predicted molar refractivity (Wildman–Crippen MR) is 129 cm³/mol. The van der Waals surface area contributed by atoms with Crippen molar-refractivity contribution in [3.05, 3.63) is 100 Å². The predicted octanol–water partition coefficient (Wildman–Crippen LogP) is 6.66. The van der Waals surface area contributed by atoms with Crippen LogP contribution >= 0.6 is 11.6 Å². The summed E-state index contributed by atoms with van der Waals surface area (Å²) in [6.07, 6.45) is 2.64. The standard InChI is InChI=1S/C26H25ClFN3O3/c1-3-17(2)19-7-9-21(10-8-19)33-16-22-11-12-24(34-22)26(32)29-25-23(27)15-31(30-25)14-18-5-4-6-20(28)13-18/h4-13,15,17H,3,14,16H2,1-2H3,(H,29,30,32). The third kappa shape index (κ3) is 5.85. The first kappa shape index (κ1) is 23.6. The first-order valence-corrected chi connectivity index (χ1v) is 11.4. The first-order chi connectivity index (χ1) is 16.4. The summed E-state index contributed by atoms with van der Waals surface area (Å²) in [6, 6.07) is 17.4. The number of hydrogen-bond donors (Lipinski definition) is 1. The Morgan fingerprint density at radius 1 is 1.21 bits per heavy atom. The number of aromatic nitrogens is 2. The van der Waals surface area contributed by atoms with Gasteiger partial charge in [-0.1, -0.05) is 49.7 Å². The number of carbonyl (C=O) groups is 1. The van der Waals surface area contributed by atoms with Crippen molar-refractivity contribution in [3.8, 4) is 5.75 Å². The van der Waals surface area contributed by atoms with Crippen LogP contribution in [-0.4, -0.2) is 15.7 Å². The molecule has 0 aliphatic rings. The molecule has 1 amide bonds. The van der Waals surface area contributed by atoms with Crippen LogP contribution in [-0.2, 0) is 13.2 Å². The van der Waals surface area contributed by atoms with E-state index in [0.29, 0.717) is 18.2 Å². The maximum absolute atomic E-state index is 13.4. The Morgan fingerprint density at radius 3 is 2.74 bits per heavy atom. The molecule has 2 aromatic carbocycles. The van der Waals surface area contributed by atoms with Crippen molar-refractivity contribution in [2.75, 3.05) is 5.32 Å². The average Bonchev–Trinajstić information content (AvgIpc) is 3.44. The fourth-order valence-electron chi connectivity index (χ4n) is 3.41. The molecule has 4 aromatic rings. The molecule has 0 aliphatic carbocycles. The van der Waals surface area contributed by atoms with Gasteiger partial charge in [-0.05, 0) is 59.9 Å². The summed E-state index contributed by atoms with van der Waals surface area (Å²) in [4.78, 5) is 12.6. The van der Waals surface area contributed by atoms with E-state index in [4.69, 9.17) is 20.8 Å². The Hall–Kier alpha value is -3.58. The van der Waals surface area contributed by atoms with Gasteiger partial charge in [-0.25, -0.2) is 4.39 Å². The van der Waals surface area contributed by atoms with Crippen LogP contribution in [0.2, 0.25) is 5.02 Å². The highest BCUT2D eigenvalue weighted by Crippen LogP contribution is 2.23. The van der Waals surface area contributed by atoms with E-state index in [1.807, 2.05) is 12.1 Å². The Bertz CT molecular complexity index is 1270. The van der Waals surface area contributed by atoms with E-state index >= 15 is 0 Å².